The van der Waals surface area contributed by atoms with E-state index in [1.807, 2.05) is 13.8 Å². The Morgan fingerprint density at radius 1 is 1.45 bits per heavy atom. The molecule has 0 aromatic heterocycles. The molecule has 3 atom stereocenters. The Labute approximate surface area is 117 Å². The first-order valence-corrected chi connectivity index (χ1v) is 6.75. The minimum absolute atomic E-state index is 0.0209. The molecule has 1 aromatic rings. The molecule has 0 unspecified atom stereocenters. The van der Waals surface area contributed by atoms with Crippen LogP contribution in [0.25, 0.3) is 0 Å². The number of benzene rings is 1. The summed E-state index contributed by atoms with van der Waals surface area (Å²) in [6, 6.07) is 4.42. The maximum atomic E-state index is 10.9. The first kappa shape index (κ1) is 13.1. The van der Waals surface area contributed by atoms with Crippen LogP contribution in [0.2, 0.25) is 0 Å². The molecule has 20 heavy (non-hydrogen) atoms. The highest BCUT2D eigenvalue weighted by atomic mass is 16.6. The lowest BCUT2D eigenvalue weighted by Gasteiger charge is -2.23. The second-order valence-electron chi connectivity index (χ2n) is 5.75. The van der Waals surface area contributed by atoms with Crippen LogP contribution in [0.1, 0.15) is 31.9 Å². The molecule has 1 N–H and O–H groups in total. The summed E-state index contributed by atoms with van der Waals surface area (Å²) in [5.41, 5.74) is 2.57. The number of hydrogen-bond acceptors (Lipinski definition) is 4. The van der Waals surface area contributed by atoms with Crippen LogP contribution >= 0.6 is 0 Å². The van der Waals surface area contributed by atoms with Gasteiger partial charge in [-0.1, -0.05) is 5.57 Å². The summed E-state index contributed by atoms with van der Waals surface area (Å²) in [7, 11) is 0. The number of non-ortho nitro benzene ring substituents is 1. The van der Waals surface area contributed by atoms with Crippen molar-refractivity contribution in [2.45, 2.75) is 26.4 Å². The molecule has 0 radical (unpaired) electrons. The molecule has 0 spiro atoms. The van der Waals surface area contributed by atoms with Gasteiger partial charge in [0.15, 0.2) is 0 Å². The summed E-state index contributed by atoms with van der Waals surface area (Å²) < 4.78 is 5.71. The highest BCUT2D eigenvalue weighted by Gasteiger charge is 2.45. The van der Waals surface area contributed by atoms with Gasteiger partial charge in [0.1, 0.15) is 11.9 Å². The maximum Gasteiger partial charge on any atom is 0.270 e. The standard InChI is InChI=1S/C15H17NO4/c1-8(2)14-11-5-9(11)7-20-13-4-3-10(16(18)19)6-12(13)15(14)17/h3-4,6,9,11,15,17H,5,7H2,1-2H3/t9-,11-,15-/m1/s1. The van der Waals surface area contributed by atoms with E-state index < -0.39 is 11.0 Å². The van der Waals surface area contributed by atoms with Crippen molar-refractivity contribution in [1.29, 1.82) is 0 Å². The van der Waals surface area contributed by atoms with E-state index in [4.69, 9.17) is 4.74 Å². The lowest BCUT2D eigenvalue weighted by atomic mass is 9.92. The van der Waals surface area contributed by atoms with Gasteiger partial charge >= 0.3 is 0 Å². The van der Waals surface area contributed by atoms with Gasteiger partial charge < -0.3 is 9.84 Å². The third-order valence-corrected chi connectivity index (χ3v) is 4.15. The van der Waals surface area contributed by atoms with Crippen molar-refractivity contribution in [2.24, 2.45) is 11.8 Å². The minimum atomic E-state index is -0.815. The van der Waals surface area contributed by atoms with Gasteiger partial charge in [0.25, 0.3) is 5.69 Å². The molecular formula is C15H17NO4. The number of aliphatic hydroxyl groups excluding tert-OH is 1. The zero-order valence-corrected chi connectivity index (χ0v) is 11.5. The molecular weight excluding hydrogens is 258 g/mol. The van der Waals surface area contributed by atoms with Crippen molar-refractivity contribution in [2.75, 3.05) is 6.61 Å². The first-order chi connectivity index (χ1) is 9.49. The number of ether oxygens (including phenoxy) is 1. The van der Waals surface area contributed by atoms with Crippen LogP contribution in [0.3, 0.4) is 0 Å². The van der Waals surface area contributed by atoms with Crippen molar-refractivity contribution < 1.29 is 14.8 Å². The fourth-order valence-corrected chi connectivity index (χ4v) is 3.02. The molecule has 1 fully saturated rings. The highest BCUT2D eigenvalue weighted by molar-refractivity contribution is 5.49. The summed E-state index contributed by atoms with van der Waals surface area (Å²) in [6.07, 6.45) is 0.207. The molecule has 2 aliphatic rings. The largest absolute Gasteiger partial charge is 0.493 e. The van der Waals surface area contributed by atoms with Crippen LogP contribution in [0, 0.1) is 22.0 Å². The van der Waals surface area contributed by atoms with Gasteiger partial charge in [0, 0.05) is 23.6 Å². The third kappa shape index (κ3) is 2.08. The topological polar surface area (TPSA) is 72.6 Å². The van der Waals surface area contributed by atoms with Gasteiger partial charge in [-0.25, -0.2) is 0 Å². The number of nitrogens with zero attached hydrogens (tertiary/aromatic N) is 1. The average Bonchev–Trinajstić information content (AvgIpc) is 3.12. The van der Waals surface area contributed by atoms with Gasteiger partial charge in [0.05, 0.1) is 11.5 Å². The van der Waals surface area contributed by atoms with Gasteiger partial charge in [-0.3, -0.25) is 10.1 Å². The SMILES string of the molecule is CC(C)=C1[C@H](O)c2cc([N+](=O)[O-])ccc2OC[C@H]2C[C@@H]12. The van der Waals surface area contributed by atoms with E-state index in [2.05, 4.69) is 0 Å². The van der Waals surface area contributed by atoms with E-state index in [1.165, 1.54) is 12.1 Å². The second kappa shape index (κ2) is 4.59. The lowest BCUT2D eigenvalue weighted by Crippen LogP contribution is -2.14. The summed E-state index contributed by atoms with van der Waals surface area (Å²) in [5, 5.41) is 21.5. The number of allylic oxidation sites excluding steroid dienone is 1. The Morgan fingerprint density at radius 2 is 2.20 bits per heavy atom. The predicted octanol–water partition coefficient (Wildman–Crippen LogP) is 2.99. The molecule has 3 rings (SSSR count). The smallest absolute Gasteiger partial charge is 0.270 e. The summed E-state index contributed by atoms with van der Waals surface area (Å²) in [6.45, 7) is 4.57. The molecule has 0 bridgehead atoms. The monoisotopic (exact) mass is 275 g/mol. The molecule has 5 nitrogen and oxygen atoms in total. The first-order valence-electron chi connectivity index (χ1n) is 6.75. The summed E-state index contributed by atoms with van der Waals surface area (Å²) >= 11 is 0. The second-order valence-corrected chi connectivity index (χ2v) is 5.75. The van der Waals surface area contributed by atoms with E-state index in [0.717, 1.165) is 17.6 Å². The fourth-order valence-electron chi connectivity index (χ4n) is 3.02. The van der Waals surface area contributed by atoms with Crippen molar-refractivity contribution >= 4 is 5.69 Å². The number of aliphatic hydroxyl groups is 1. The maximum absolute atomic E-state index is 10.9. The quantitative estimate of drug-likeness (QED) is 0.486. The third-order valence-electron chi connectivity index (χ3n) is 4.15. The molecule has 106 valence electrons. The summed E-state index contributed by atoms with van der Waals surface area (Å²) in [4.78, 5) is 10.5. The Kier molecular flexibility index (Phi) is 3.01. The summed E-state index contributed by atoms with van der Waals surface area (Å²) in [5.74, 6) is 1.35. The average molecular weight is 275 g/mol. The molecule has 0 amide bonds. The Hall–Kier alpha value is -1.88. The van der Waals surface area contributed by atoms with Crippen molar-refractivity contribution in [3.05, 3.63) is 45.0 Å². The van der Waals surface area contributed by atoms with Crippen molar-refractivity contribution in [3.63, 3.8) is 0 Å². The van der Waals surface area contributed by atoms with E-state index >= 15 is 0 Å². The van der Waals surface area contributed by atoms with Crippen molar-refractivity contribution in [1.82, 2.24) is 0 Å². The van der Waals surface area contributed by atoms with E-state index in [-0.39, 0.29) is 5.69 Å². The van der Waals surface area contributed by atoms with Crippen LogP contribution in [0.5, 0.6) is 5.75 Å². The zero-order chi connectivity index (χ0) is 14.4. The van der Waals surface area contributed by atoms with E-state index in [9.17, 15) is 15.2 Å². The van der Waals surface area contributed by atoms with Crippen LogP contribution < -0.4 is 4.74 Å². The lowest BCUT2D eigenvalue weighted by molar-refractivity contribution is -0.385. The Bertz CT molecular complexity index is 604. The molecule has 0 saturated heterocycles. The predicted molar refractivity (Wildman–Crippen MR) is 73.5 cm³/mol. The number of nitro groups is 1. The van der Waals surface area contributed by atoms with Crippen LogP contribution in [-0.4, -0.2) is 16.6 Å². The number of hydrogen-bond donors (Lipinski definition) is 1. The highest BCUT2D eigenvalue weighted by Crippen LogP contribution is 2.52. The van der Waals surface area contributed by atoms with Crippen LogP contribution in [0.15, 0.2) is 29.3 Å². The molecule has 1 aliphatic heterocycles. The van der Waals surface area contributed by atoms with Gasteiger partial charge in [0.2, 0.25) is 0 Å². The fraction of sp³-hybridized carbons (Fsp3) is 0.467. The molecule has 1 aliphatic carbocycles. The normalized spacial score (nSPS) is 27.6. The Morgan fingerprint density at radius 3 is 2.85 bits per heavy atom. The van der Waals surface area contributed by atoms with Crippen LogP contribution in [0.4, 0.5) is 5.69 Å². The molecule has 5 heteroatoms. The Balaban J connectivity index is 2.11. The number of fused-ring (bicyclic) bond motifs is 2. The van der Waals surface area contributed by atoms with Gasteiger partial charge in [-0.15, -0.1) is 0 Å². The molecule has 1 aromatic carbocycles. The number of rotatable bonds is 1. The van der Waals surface area contributed by atoms with E-state index in [1.54, 1.807) is 6.07 Å². The van der Waals surface area contributed by atoms with Gasteiger partial charge in [-0.05, 0) is 37.8 Å². The van der Waals surface area contributed by atoms with Gasteiger partial charge in [-0.2, -0.15) is 0 Å². The molecule has 1 saturated carbocycles. The molecule has 1 heterocycles. The van der Waals surface area contributed by atoms with Crippen LogP contribution in [-0.2, 0) is 0 Å². The zero-order valence-electron chi connectivity index (χ0n) is 11.5. The minimum Gasteiger partial charge on any atom is -0.493 e. The van der Waals surface area contributed by atoms with Crippen molar-refractivity contribution in [3.8, 4) is 5.75 Å². The van der Waals surface area contributed by atoms with E-state index in [0.29, 0.717) is 29.8 Å². The number of nitro benzene ring substituents is 1.